The molecule has 8 heteroatoms. The number of hydrogen-bond acceptors (Lipinski definition) is 7. The number of pyridine rings is 1. The van der Waals surface area contributed by atoms with Gasteiger partial charge in [-0.05, 0) is 50.0 Å². The van der Waals surface area contributed by atoms with Crippen LogP contribution in [0.1, 0.15) is 11.6 Å². The van der Waals surface area contributed by atoms with Gasteiger partial charge < -0.3 is 15.0 Å². The first kappa shape index (κ1) is 20.4. The molecule has 1 unspecified atom stereocenters. The lowest BCUT2D eigenvalue weighted by molar-refractivity contribution is 0.115. The first-order chi connectivity index (χ1) is 15.6. The lowest BCUT2D eigenvalue weighted by Gasteiger charge is -2.38. The Labute approximate surface area is 187 Å². The minimum Gasteiger partial charge on any atom is -0.481 e. The smallest absolute Gasteiger partial charge is 0.245 e. The van der Waals surface area contributed by atoms with Crippen molar-refractivity contribution in [2.75, 3.05) is 46.2 Å². The molecule has 164 valence electrons. The fourth-order valence-electron chi connectivity index (χ4n) is 4.12. The molecular formula is C24H27N7O. The molecule has 0 aliphatic carbocycles. The summed E-state index contributed by atoms with van der Waals surface area (Å²) in [6, 6.07) is 16.8. The van der Waals surface area contributed by atoms with Crippen molar-refractivity contribution in [3.05, 3.63) is 66.5 Å². The van der Waals surface area contributed by atoms with Crippen LogP contribution < -0.4 is 10.1 Å². The Hall–Kier alpha value is -3.49. The largest absolute Gasteiger partial charge is 0.481 e. The van der Waals surface area contributed by atoms with Crippen LogP contribution in [-0.2, 0) is 0 Å². The molecule has 1 aromatic carbocycles. The summed E-state index contributed by atoms with van der Waals surface area (Å²) in [4.78, 5) is 13.6. The van der Waals surface area contributed by atoms with Gasteiger partial charge in [0.2, 0.25) is 11.8 Å². The van der Waals surface area contributed by atoms with Gasteiger partial charge in [0.1, 0.15) is 0 Å². The van der Waals surface area contributed by atoms with E-state index in [0.29, 0.717) is 17.9 Å². The van der Waals surface area contributed by atoms with Gasteiger partial charge in [0.15, 0.2) is 0 Å². The number of methoxy groups -OCH3 is 1. The van der Waals surface area contributed by atoms with Crippen LogP contribution in [0.25, 0.3) is 16.8 Å². The van der Waals surface area contributed by atoms with E-state index in [2.05, 4.69) is 63.4 Å². The predicted octanol–water partition coefficient (Wildman–Crippen LogP) is 3.46. The summed E-state index contributed by atoms with van der Waals surface area (Å²) < 4.78 is 7.03. The maximum atomic E-state index is 5.16. The third-order valence-electron chi connectivity index (χ3n) is 6.04. The molecule has 0 amide bonds. The van der Waals surface area contributed by atoms with Gasteiger partial charge in [-0.3, -0.25) is 4.90 Å². The Morgan fingerprint density at radius 2 is 1.78 bits per heavy atom. The van der Waals surface area contributed by atoms with Crippen LogP contribution in [-0.4, -0.2) is 70.2 Å². The van der Waals surface area contributed by atoms with Crippen LogP contribution in [0.2, 0.25) is 0 Å². The summed E-state index contributed by atoms with van der Waals surface area (Å²) >= 11 is 0. The third-order valence-corrected chi connectivity index (χ3v) is 6.04. The van der Waals surface area contributed by atoms with Crippen LogP contribution in [0.5, 0.6) is 5.88 Å². The van der Waals surface area contributed by atoms with E-state index < -0.39 is 0 Å². The van der Waals surface area contributed by atoms with Crippen LogP contribution in [0.15, 0.2) is 60.9 Å². The molecule has 3 aromatic heterocycles. The van der Waals surface area contributed by atoms with Gasteiger partial charge in [0, 0.05) is 49.2 Å². The fourth-order valence-corrected chi connectivity index (χ4v) is 4.12. The summed E-state index contributed by atoms with van der Waals surface area (Å²) in [7, 11) is 5.99. The van der Waals surface area contributed by atoms with E-state index in [1.165, 1.54) is 5.56 Å². The molecule has 0 spiro atoms. The number of aromatic nitrogens is 4. The van der Waals surface area contributed by atoms with E-state index in [-0.39, 0.29) is 0 Å². The fraction of sp³-hybridized carbons (Fsp3) is 0.292. The van der Waals surface area contributed by atoms with Crippen molar-refractivity contribution in [3.63, 3.8) is 0 Å². The number of hydrogen-bond donors (Lipinski definition) is 1. The second-order valence-corrected chi connectivity index (χ2v) is 8.23. The van der Waals surface area contributed by atoms with E-state index in [0.717, 1.165) is 42.1 Å². The van der Waals surface area contributed by atoms with Crippen molar-refractivity contribution in [1.29, 1.82) is 0 Å². The molecule has 4 heterocycles. The number of nitrogens with zero attached hydrogens (tertiary/aromatic N) is 6. The Balaban J connectivity index is 1.37. The number of piperazine rings is 1. The van der Waals surface area contributed by atoms with Crippen molar-refractivity contribution in [2.45, 2.75) is 6.04 Å². The number of benzene rings is 1. The first-order valence-corrected chi connectivity index (χ1v) is 10.7. The van der Waals surface area contributed by atoms with Crippen molar-refractivity contribution in [2.24, 2.45) is 0 Å². The number of anilines is 2. The molecule has 8 nitrogen and oxygen atoms in total. The van der Waals surface area contributed by atoms with Crippen molar-refractivity contribution in [3.8, 4) is 17.1 Å². The summed E-state index contributed by atoms with van der Waals surface area (Å²) in [5, 5.41) is 8.03. The second kappa shape index (κ2) is 8.57. The van der Waals surface area contributed by atoms with E-state index in [4.69, 9.17) is 9.84 Å². The van der Waals surface area contributed by atoms with Gasteiger partial charge in [0.05, 0.1) is 24.5 Å². The van der Waals surface area contributed by atoms with Crippen molar-refractivity contribution < 1.29 is 4.74 Å². The van der Waals surface area contributed by atoms with E-state index >= 15 is 0 Å². The number of fused-ring (bicyclic) bond motifs is 1. The van der Waals surface area contributed by atoms with Gasteiger partial charge in [-0.25, -0.2) is 14.5 Å². The van der Waals surface area contributed by atoms with E-state index in [9.17, 15) is 0 Å². The summed E-state index contributed by atoms with van der Waals surface area (Å²) in [6.45, 7) is 3.23. The van der Waals surface area contributed by atoms with Crippen LogP contribution in [0.4, 0.5) is 11.6 Å². The summed E-state index contributed by atoms with van der Waals surface area (Å²) in [6.07, 6.45) is 3.60. The summed E-state index contributed by atoms with van der Waals surface area (Å²) in [5.74, 6) is 1.12. The SMILES string of the molecule is COc1ccc(-c2ccc3cnc(Nc4ccc(C5CN(C)CCN5C)cc4)nn23)cn1. The van der Waals surface area contributed by atoms with Gasteiger partial charge in [-0.15, -0.1) is 5.10 Å². The molecule has 0 radical (unpaired) electrons. The zero-order chi connectivity index (χ0) is 22.1. The molecular weight excluding hydrogens is 402 g/mol. The highest BCUT2D eigenvalue weighted by Crippen LogP contribution is 2.26. The third kappa shape index (κ3) is 4.02. The Bertz CT molecular complexity index is 1200. The molecule has 1 atom stereocenters. The number of nitrogens with one attached hydrogen (secondary N) is 1. The molecule has 0 saturated carbocycles. The van der Waals surface area contributed by atoms with Crippen LogP contribution in [0.3, 0.4) is 0 Å². The zero-order valence-corrected chi connectivity index (χ0v) is 18.6. The quantitative estimate of drug-likeness (QED) is 0.521. The van der Waals surface area contributed by atoms with Crippen LogP contribution in [0, 0.1) is 0 Å². The molecule has 1 aliphatic rings. The lowest BCUT2D eigenvalue weighted by Crippen LogP contribution is -2.44. The van der Waals surface area contributed by atoms with Gasteiger partial charge in [0.25, 0.3) is 0 Å². The highest BCUT2D eigenvalue weighted by molar-refractivity contribution is 5.66. The van der Waals surface area contributed by atoms with Crippen LogP contribution >= 0.6 is 0 Å². The van der Waals surface area contributed by atoms with E-state index in [1.54, 1.807) is 13.3 Å². The molecule has 4 aromatic rings. The maximum absolute atomic E-state index is 5.16. The zero-order valence-electron chi connectivity index (χ0n) is 18.6. The highest BCUT2D eigenvalue weighted by Gasteiger charge is 2.23. The molecule has 1 fully saturated rings. The maximum Gasteiger partial charge on any atom is 0.245 e. The Morgan fingerprint density at radius 1 is 0.938 bits per heavy atom. The molecule has 5 rings (SSSR count). The Morgan fingerprint density at radius 3 is 2.53 bits per heavy atom. The van der Waals surface area contributed by atoms with Gasteiger partial charge in [-0.1, -0.05) is 12.1 Å². The van der Waals surface area contributed by atoms with Gasteiger partial charge >= 0.3 is 0 Å². The highest BCUT2D eigenvalue weighted by atomic mass is 16.5. The molecule has 1 saturated heterocycles. The summed E-state index contributed by atoms with van der Waals surface area (Å²) in [5.41, 5.74) is 5.10. The minimum atomic E-state index is 0.413. The molecule has 32 heavy (non-hydrogen) atoms. The monoisotopic (exact) mass is 429 g/mol. The van der Waals surface area contributed by atoms with Crippen molar-refractivity contribution in [1.82, 2.24) is 29.4 Å². The number of likely N-dealkylation sites (N-methyl/N-ethyl adjacent to an activating group) is 2. The first-order valence-electron chi connectivity index (χ1n) is 10.7. The topological polar surface area (TPSA) is 70.8 Å². The minimum absolute atomic E-state index is 0.413. The average Bonchev–Trinajstić information content (AvgIpc) is 3.24. The Kier molecular flexibility index (Phi) is 5.46. The average molecular weight is 430 g/mol. The van der Waals surface area contributed by atoms with E-state index in [1.807, 2.05) is 35.0 Å². The standard InChI is InChI=1S/C24H27N7O/c1-29-12-13-30(2)22(16-29)17-4-7-19(8-5-17)27-24-26-15-20-9-10-21(31(20)28-24)18-6-11-23(32-3)25-14-18/h4-11,14-15,22H,12-13,16H2,1-3H3,(H,27,28). The van der Waals surface area contributed by atoms with Crippen molar-refractivity contribution >= 4 is 17.2 Å². The molecule has 1 aliphatic heterocycles. The normalized spacial score (nSPS) is 17.5. The lowest BCUT2D eigenvalue weighted by atomic mass is 10.0. The molecule has 0 bridgehead atoms. The van der Waals surface area contributed by atoms with Gasteiger partial charge in [-0.2, -0.15) is 0 Å². The number of ether oxygens (including phenoxy) is 1. The molecule has 1 N–H and O–H groups in total. The second-order valence-electron chi connectivity index (χ2n) is 8.23. The predicted molar refractivity (Wildman–Crippen MR) is 125 cm³/mol. The number of rotatable bonds is 5.